The molecule has 124 valence electrons. The van der Waals surface area contributed by atoms with E-state index in [2.05, 4.69) is 0 Å². The molecular weight excluding hydrogens is 294 g/mol. The summed E-state index contributed by atoms with van der Waals surface area (Å²) in [5.41, 5.74) is -1.02. The summed E-state index contributed by atoms with van der Waals surface area (Å²) in [4.78, 5) is 13.6. The van der Waals surface area contributed by atoms with Crippen LogP contribution in [0.2, 0.25) is 0 Å². The Balaban J connectivity index is 2.46. The number of ether oxygens (including phenoxy) is 2. The van der Waals surface area contributed by atoms with E-state index in [-0.39, 0.29) is 24.2 Å². The molecule has 6 nitrogen and oxygen atoms in total. The maximum Gasteiger partial charge on any atom is 0.410 e. The minimum Gasteiger partial charge on any atom is -0.444 e. The first-order chi connectivity index (χ1) is 9.46. The third-order valence-corrected chi connectivity index (χ3v) is 5.04. The summed E-state index contributed by atoms with van der Waals surface area (Å²) in [5.74, 6) is 0.142. The first kappa shape index (κ1) is 18.2. The van der Waals surface area contributed by atoms with Crippen molar-refractivity contribution in [3.05, 3.63) is 0 Å². The van der Waals surface area contributed by atoms with Gasteiger partial charge in [-0.05, 0) is 34.1 Å². The maximum absolute atomic E-state index is 12.0. The maximum atomic E-state index is 12.0. The summed E-state index contributed by atoms with van der Waals surface area (Å²) in [5, 5.41) is 0. The van der Waals surface area contributed by atoms with Crippen molar-refractivity contribution in [3.8, 4) is 0 Å². The Labute approximate surface area is 127 Å². The van der Waals surface area contributed by atoms with Gasteiger partial charge >= 0.3 is 6.09 Å². The molecule has 1 amide bonds. The van der Waals surface area contributed by atoms with E-state index in [1.165, 1.54) is 0 Å². The van der Waals surface area contributed by atoms with Crippen LogP contribution in [0.5, 0.6) is 0 Å². The van der Waals surface area contributed by atoms with Crippen LogP contribution in [0.25, 0.3) is 0 Å². The molecule has 0 aromatic carbocycles. The summed E-state index contributed by atoms with van der Waals surface area (Å²) >= 11 is 0. The molecule has 0 bridgehead atoms. The van der Waals surface area contributed by atoms with Gasteiger partial charge in [0.2, 0.25) is 0 Å². The van der Waals surface area contributed by atoms with Crippen LogP contribution in [0.15, 0.2) is 0 Å². The molecule has 1 heterocycles. The molecule has 0 aliphatic carbocycles. The summed E-state index contributed by atoms with van der Waals surface area (Å²) in [6, 6.07) is 0. The fraction of sp³-hybridized carbons (Fsp3) is 0.929. The highest BCUT2D eigenvalue weighted by Crippen LogP contribution is 2.26. The topological polar surface area (TPSA) is 72.9 Å². The molecule has 0 spiro atoms. The molecule has 1 rings (SSSR count). The summed E-state index contributed by atoms with van der Waals surface area (Å²) < 4.78 is 33.9. The number of carbonyl (C=O) groups excluding carboxylic acids is 1. The molecule has 1 aliphatic heterocycles. The third-order valence-electron chi connectivity index (χ3n) is 3.37. The van der Waals surface area contributed by atoms with E-state index in [0.29, 0.717) is 19.5 Å². The predicted octanol–water partition coefficient (Wildman–Crippen LogP) is 1.84. The van der Waals surface area contributed by atoms with E-state index in [0.717, 1.165) is 0 Å². The van der Waals surface area contributed by atoms with Gasteiger partial charge in [0.25, 0.3) is 0 Å². The number of nitrogens with zero attached hydrogens (tertiary/aromatic N) is 1. The fourth-order valence-corrected chi connectivity index (χ4v) is 2.72. The van der Waals surface area contributed by atoms with E-state index < -0.39 is 21.0 Å². The Morgan fingerprint density at radius 1 is 1.33 bits per heavy atom. The normalized spacial score (nSPS) is 23.4. The SMILES string of the molecule is CCS(=O)(=O)CCOC1(C)CCN(C(=O)OC(C)(C)C)C1. The monoisotopic (exact) mass is 321 g/mol. The van der Waals surface area contributed by atoms with Crippen molar-refractivity contribution in [1.29, 1.82) is 0 Å². The molecule has 0 aromatic heterocycles. The van der Waals surface area contributed by atoms with E-state index in [1.807, 2.05) is 27.7 Å². The Morgan fingerprint density at radius 3 is 2.48 bits per heavy atom. The lowest BCUT2D eigenvalue weighted by atomic mass is 10.1. The van der Waals surface area contributed by atoms with Gasteiger partial charge in [-0.2, -0.15) is 0 Å². The van der Waals surface area contributed by atoms with Crippen molar-refractivity contribution < 1.29 is 22.7 Å². The zero-order valence-corrected chi connectivity index (χ0v) is 14.5. The number of likely N-dealkylation sites (tertiary alicyclic amines) is 1. The number of rotatable bonds is 5. The van der Waals surface area contributed by atoms with Crippen LogP contribution in [0, 0.1) is 0 Å². The molecule has 1 atom stereocenters. The number of amides is 1. The smallest absolute Gasteiger partial charge is 0.410 e. The summed E-state index contributed by atoms with van der Waals surface area (Å²) in [6.07, 6.45) is 0.328. The highest BCUT2D eigenvalue weighted by atomic mass is 32.2. The van der Waals surface area contributed by atoms with Gasteiger partial charge < -0.3 is 14.4 Å². The van der Waals surface area contributed by atoms with Crippen LogP contribution in [-0.4, -0.2) is 61.8 Å². The number of hydrogen-bond acceptors (Lipinski definition) is 5. The van der Waals surface area contributed by atoms with E-state index >= 15 is 0 Å². The largest absolute Gasteiger partial charge is 0.444 e. The first-order valence-corrected chi connectivity index (χ1v) is 9.11. The van der Waals surface area contributed by atoms with Crippen molar-refractivity contribution in [2.45, 2.75) is 52.2 Å². The van der Waals surface area contributed by atoms with Gasteiger partial charge in [0.05, 0.1) is 24.5 Å². The number of hydrogen-bond donors (Lipinski definition) is 0. The van der Waals surface area contributed by atoms with Gasteiger partial charge in [-0.15, -0.1) is 0 Å². The second-order valence-corrected chi connectivity index (χ2v) is 9.16. The Bertz CT molecular complexity index is 468. The molecule has 1 fully saturated rings. The van der Waals surface area contributed by atoms with Gasteiger partial charge in [0, 0.05) is 12.3 Å². The first-order valence-electron chi connectivity index (χ1n) is 7.29. The molecule has 7 heteroatoms. The average Bonchev–Trinajstić information content (AvgIpc) is 2.70. The molecule has 0 radical (unpaired) electrons. The molecule has 1 unspecified atom stereocenters. The van der Waals surface area contributed by atoms with E-state index in [4.69, 9.17) is 9.47 Å². The summed E-state index contributed by atoms with van der Waals surface area (Å²) in [7, 11) is -3.02. The number of carbonyl (C=O) groups is 1. The fourth-order valence-electron chi connectivity index (χ4n) is 2.09. The van der Waals surface area contributed by atoms with Gasteiger partial charge in [-0.3, -0.25) is 0 Å². The third kappa shape index (κ3) is 6.22. The molecular formula is C14H27NO5S. The average molecular weight is 321 g/mol. The molecule has 0 N–H and O–H groups in total. The van der Waals surface area contributed by atoms with Crippen molar-refractivity contribution in [1.82, 2.24) is 4.90 Å². The second kappa shape index (κ2) is 6.52. The van der Waals surface area contributed by atoms with Crippen LogP contribution in [0.4, 0.5) is 4.79 Å². The van der Waals surface area contributed by atoms with Crippen molar-refractivity contribution in [2.75, 3.05) is 31.2 Å². The van der Waals surface area contributed by atoms with Crippen LogP contribution in [-0.2, 0) is 19.3 Å². The lowest BCUT2D eigenvalue weighted by molar-refractivity contribution is -0.0201. The molecule has 0 aromatic rings. The highest BCUT2D eigenvalue weighted by molar-refractivity contribution is 7.91. The van der Waals surface area contributed by atoms with Crippen molar-refractivity contribution >= 4 is 15.9 Å². The minimum absolute atomic E-state index is 0.0194. The lowest BCUT2D eigenvalue weighted by Crippen LogP contribution is -2.39. The lowest BCUT2D eigenvalue weighted by Gasteiger charge is -2.27. The van der Waals surface area contributed by atoms with E-state index in [1.54, 1.807) is 11.8 Å². The highest BCUT2D eigenvalue weighted by Gasteiger charge is 2.38. The van der Waals surface area contributed by atoms with Gasteiger partial charge in [0.1, 0.15) is 5.60 Å². The molecule has 1 aliphatic rings. The van der Waals surface area contributed by atoms with Crippen molar-refractivity contribution in [2.24, 2.45) is 0 Å². The Kier molecular flexibility index (Phi) is 5.66. The van der Waals surface area contributed by atoms with Crippen LogP contribution in [0.3, 0.4) is 0 Å². The van der Waals surface area contributed by atoms with Crippen LogP contribution < -0.4 is 0 Å². The Morgan fingerprint density at radius 2 is 1.95 bits per heavy atom. The Hall–Kier alpha value is -0.820. The molecule has 21 heavy (non-hydrogen) atoms. The second-order valence-electron chi connectivity index (χ2n) is 6.69. The minimum atomic E-state index is -3.02. The molecule has 1 saturated heterocycles. The zero-order valence-electron chi connectivity index (χ0n) is 13.6. The number of sulfone groups is 1. The van der Waals surface area contributed by atoms with E-state index in [9.17, 15) is 13.2 Å². The standard InChI is InChI=1S/C14H27NO5S/c1-6-21(17,18)10-9-19-14(5)7-8-15(11-14)12(16)20-13(2,3)4/h6-11H2,1-5H3. The van der Waals surface area contributed by atoms with Crippen LogP contribution >= 0.6 is 0 Å². The quantitative estimate of drug-likeness (QED) is 0.772. The summed E-state index contributed by atoms with van der Waals surface area (Å²) in [6.45, 7) is 10.1. The van der Waals surface area contributed by atoms with Crippen molar-refractivity contribution in [3.63, 3.8) is 0 Å². The van der Waals surface area contributed by atoms with Gasteiger partial charge in [-0.1, -0.05) is 6.92 Å². The molecule has 0 saturated carbocycles. The zero-order chi connectivity index (χ0) is 16.3. The van der Waals surface area contributed by atoms with Crippen LogP contribution in [0.1, 0.15) is 41.0 Å². The van der Waals surface area contributed by atoms with Gasteiger partial charge in [-0.25, -0.2) is 13.2 Å². The predicted molar refractivity (Wildman–Crippen MR) is 81.1 cm³/mol. The van der Waals surface area contributed by atoms with Gasteiger partial charge in [0.15, 0.2) is 9.84 Å².